The summed E-state index contributed by atoms with van der Waals surface area (Å²) in [5.41, 5.74) is 1.27. The molecular formula is C15H20N2O. The number of hydrogen-bond acceptors (Lipinski definition) is 3. The van der Waals surface area contributed by atoms with Crippen molar-refractivity contribution in [1.29, 1.82) is 0 Å². The van der Waals surface area contributed by atoms with Crippen molar-refractivity contribution in [3.05, 3.63) is 53.7 Å². The molecule has 0 aliphatic rings. The van der Waals surface area contributed by atoms with Gasteiger partial charge in [0.05, 0.1) is 6.04 Å². The monoisotopic (exact) mass is 244 g/mol. The minimum Gasteiger partial charge on any atom is -0.464 e. The fourth-order valence-electron chi connectivity index (χ4n) is 2.05. The van der Waals surface area contributed by atoms with E-state index in [1.54, 1.807) is 0 Å². The van der Waals surface area contributed by atoms with Gasteiger partial charge < -0.3 is 9.73 Å². The van der Waals surface area contributed by atoms with Crippen LogP contribution in [0.2, 0.25) is 0 Å². The summed E-state index contributed by atoms with van der Waals surface area (Å²) in [5, 5.41) is 3.47. The van der Waals surface area contributed by atoms with Gasteiger partial charge in [0.25, 0.3) is 0 Å². The number of aromatic nitrogens is 1. The second-order valence-corrected chi connectivity index (χ2v) is 4.33. The van der Waals surface area contributed by atoms with E-state index in [1.807, 2.05) is 24.5 Å². The maximum absolute atomic E-state index is 5.84. The summed E-state index contributed by atoms with van der Waals surface area (Å²) in [5.74, 6) is 2.06. The van der Waals surface area contributed by atoms with E-state index in [-0.39, 0.29) is 6.04 Å². The Labute approximate surface area is 108 Å². The van der Waals surface area contributed by atoms with Crippen LogP contribution in [0.25, 0.3) is 0 Å². The molecule has 0 spiro atoms. The molecule has 0 bridgehead atoms. The minimum atomic E-state index is 0.234. The van der Waals surface area contributed by atoms with E-state index in [9.17, 15) is 0 Å². The smallest absolute Gasteiger partial charge is 0.121 e. The highest BCUT2D eigenvalue weighted by atomic mass is 16.3. The van der Waals surface area contributed by atoms with Crippen molar-refractivity contribution in [2.75, 3.05) is 6.54 Å². The highest BCUT2D eigenvalue weighted by Gasteiger charge is 2.14. The molecule has 1 N–H and O–H groups in total. The third kappa shape index (κ3) is 3.20. The molecule has 96 valence electrons. The summed E-state index contributed by atoms with van der Waals surface area (Å²) in [6, 6.07) is 8.47. The van der Waals surface area contributed by atoms with Gasteiger partial charge in [-0.3, -0.25) is 4.98 Å². The summed E-state index contributed by atoms with van der Waals surface area (Å²) in [6.45, 7) is 5.15. The largest absolute Gasteiger partial charge is 0.464 e. The van der Waals surface area contributed by atoms with Gasteiger partial charge in [-0.25, -0.2) is 0 Å². The van der Waals surface area contributed by atoms with Crippen molar-refractivity contribution >= 4 is 0 Å². The molecular weight excluding hydrogens is 224 g/mol. The lowest BCUT2D eigenvalue weighted by Gasteiger charge is -2.15. The Hall–Kier alpha value is -1.61. The third-order valence-electron chi connectivity index (χ3n) is 3.01. The van der Waals surface area contributed by atoms with E-state index in [0.29, 0.717) is 0 Å². The van der Waals surface area contributed by atoms with Crippen LogP contribution in [0.3, 0.4) is 0 Å². The third-order valence-corrected chi connectivity index (χ3v) is 3.01. The number of likely N-dealkylation sites (N-methyl/N-ethyl adjacent to an activating group) is 1. The lowest BCUT2D eigenvalue weighted by molar-refractivity contribution is 0.396. The van der Waals surface area contributed by atoms with Crippen LogP contribution >= 0.6 is 0 Å². The van der Waals surface area contributed by atoms with Gasteiger partial charge in [-0.05, 0) is 42.8 Å². The van der Waals surface area contributed by atoms with Gasteiger partial charge in [-0.15, -0.1) is 0 Å². The molecule has 0 saturated heterocycles. The topological polar surface area (TPSA) is 38.1 Å². The first-order chi connectivity index (χ1) is 8.83. The van der Waals surface area contributed by atoms with E-state index in [4.69, 9.17) is 4.42 Å². The van der Waals surface area contributed by atoms with Crippen molar-refractivity contribution in [2.45, 2.75) is 32.7 Å². The number of rotatable bonds is 6. The van der Waals surface area contributed by atoms with Crippen molar-refractivity contribution < 1.29 is 4.42 Å². The molecule has 1 atom stereocenters. The molecule has 2 aromatic heterocycles. The van der Waals surface area contributed by atoms with Crippen LogP contribution in [0.5, 0.6) is 0 Å². The summed E-state index contributed by atoms with van der Waals surface area (Å²) < 4.78 is 5.84. The van der Waals surface area contributed by atoms with Crippen LogP contribution < -0.4 is 5.32 Å². The van der Waals surface area contributed by atoms with E-state index in [0.717, 1.165) is 30.9 Å². The predicted molar refractivity (Wildman–Crippen MR) is 72.4 cm³/mol. The van der Waals surface area contributed by atoms with Gasteiger partial charge in [-0.1, -0.05) is 13.8 Å². The average molecular weight is 244 g/mol. The summed E-state index contributed by atoms with van der Waals surface area (Å²) in [6.07, 6.45) is 5.52. The van der Waals surface area contributed by atoms with Crippen LogP contribution in [-0.2, 0) is 12.8 Å². The quantitative estimate of drug-likeness (QED) is 0.848. The van der Waals surface area contributed by atoms with Gasteiger partial charge >= 0.3 is 0 Å². The zero-order valence-corrected chi connectivity index (χ0v) is 11.0. The summed E-state index contributed by atoms with van der Waals surface area (Å²) in [4.78, 5) is 4.04. The molecule has 0 saturated carbocycles. The fraction of sp³-hybridized carbons (Fsp3) is 0.400. The Morgan fingerprint density at radius 3 is 2.56 bits per heavy atom. The number of nitrogens with zero attached hydrogens (tertiary/aromatic N) is 1. The van der Waals surface area contributed by atoms with E-state index >= 15 is 0 Å². The lowest BCUT2D eigenvalue weighted by atomic mass is 10.1. The van der Waals surface area contributed by atoms with Gasteiger partial charge in [0.15, 0.2) is 0 Å². The second kappa shape index (κ2) is 6.36. The van der Waals surface area contributed by atoms with Gasteiger partial charge in [0.2, 0.25) is 0 Å². The van der Waals surface area contributed by atoms with E-state index < -0.39 is 0 Å². The van der Waals surface area contributed by atoms with Crippen molar-refractivity contribution in [1.82, 2.24) is 10.3 Å². The van der Waals surface area contributed by atoms with Crippen LogP contribution in [-0.4, -0.2) is 11.5 Å². The molecule has 0 radical (unpaired) electrons. The molecule has 3 heteroatoms. The standard InChI is InChI=1S/C15H20N2O/c1-3-13-5-6-15(18-13)14(17-4-2)11-12-7-9-16-10-8-12/h5-10,14,17H,3-4,11H2,1-2H3. The second-order valence-electron chi connectivity index (χ2n) is 4.33. The predicted octanol–water partition coefficient (Wildman–Crippen LogP) is 3.13. The van der Waals surface area contributed by atoms with Crippen LogP contribution in [0, 0.1) is 0 Å². The maximum Gasteiger partial charge on any atom is 0.121 e. The molecule has 3 nitrogen and oxygen atoms in total. The van der Waals surface area contributed by atoms with Crippen LogP contribution in [0.15, 0.2) is 41.1 Å². The Morgan fingerprint density at radius 1 is 1.17 bits per heavy atom. The fourth-order valence-corrected chi connectivity index (χ4v) is 2.05. The number of furan rings is 1. The average Bonchev–Trinajstić information content (AvgIpc) is 2.88. The van der Waals surface area contributed by atoms with Crippen molar-refractivity contribution in [2.24, 2.45) is 0 Å². The van der Waals surface area contributed by atoms with Gasteiger partial charge in [-0.2, -0.15) is 0 Å². The lowest BCUT2D eigenvalue weighted by Crippen LogP contribution is -2.22. The zero-order chi connectivity index (χ0) is 12.8. The first kappa shape index (κ1) is 12.8. The Kier molecular flexibility index (Phi) is 4.53. The molecule has 0 aliphatic heterocycles. The number of aryl methyl sites for hydroxylation is 1. The Morgan fingerprint density at radius 2 is 1.94 bits per heavy atom. The number of nitrogens with one attached hydrogen (secondary N) is 1. The maximum atomic E-state index is 5.84. The van der Waals surface area contributed by atoms with Crippen LogP contribution in [0.4, 0.5) is 0 Å². The van der Waals surface area contributed by atoms with Crippen LogP contribution in [0.1, 0.15) is 37.0 Å². The summed E-state index contributed by atoms with van der Waals surface area (Å²) >= 11 is 0. The number of hydrogen-bond donors (Lipinski definition) is 1. The Balaban J connectivity index is 2.12. The molecule has 2 rings (SSSR count). The molecule has 2 heterocycles. The summed E-state index contributed by atoms with van der Waals surface area (Å²) in [7, 11) is 0. The van der Waals surface area contributed by atoms with E-state index in [2.05, 4.69) is 36.3 Å². The molecule has 0 aromatic carbocycles. The first-order valence-electron chi connectivity index (χ1n) is 6.54. The van der Waals surface area contributed by atoms with E-state index in [1.165, 1.54) is 5.56 Å². The SMILES string of the molecule is CCNC(Cc1ccncc1)c1ccc(CC)o1. The van der Waals surface area contributed by atoms with Crippen molar-refractivity contribution in [3.63, 3.8) is 0 Å². The molecule has 0 fully saturated rings. The normalized spacial score (nSPS) is 12.6. The molecule has 0 amide bonds. The molecule has 2 aromatic rings. The number of pyridine rings is 1. The zero-order valence-electron chi connectivity index (χ0n) is 11.0. The minimum absolute atomic E-state index is 0.234. The Bertz CT molecular complexity index is 464. The molecule has 1 unspecified atom stereocenters. The molecule has 0 aliphatic carbocycles. The first-order valence-corrected chi connectivity index (χ1v) is 6.54. The van der Waals surface area contributed by atoms with Gasteiger partial charge in [0.1, 0.15) is 11.5 Å². The molecule has 18 heavy (non-hydrogen) atoms. The highest BCUT2D eigenvalue weighted by Crippen LogP contribution is 2.21. The van der Waals surface area contributed by atoms with Gasteiger partial charge in [0, 0.05) is 18.8 Å². The van der Waals surface area contributed by atoms with Crippen molar-refractivity contribution in [3.8, 4) is 0 Å². The highest BCUT2D eigenvalue weighted by molar-refractivity contribution is 5.17.